The number of benzene rings is 1. The fraction of sp³-hybridized carbons (Fsp3) is 0.286. The number of imide groups is 1. The number of nitrogens with two attached hydrogens (primary N) is 1. The van der Waals surface area contributed by atoms with Crippen molar-refractivity contribution < 1.29 is 24.3 Å². The number of hydrogen-bond acceptors (Lipinski definition) is 5. The quantitative estimate of drug-likeness (QED) is 0.478. The third-order valence-corrected chi connectivity index (χ3v) is 3.26. The van der Waals surface area contributed by atoms with Gasteiger partial charge in [-0.3, -0.25) is 19.7 Å². The Morgan fingerprint density at radius 3 is 2.52 bits per heavy atom. The molecule has 23 heavy (non-hydrogen) atoms. The Labute approximate surface area is 131 Å². The molecule has 122 valence electrons. The van der Waals surface area contributed by atoms with Crippen LogP contribution in [0, 0.1) is 0 Å². The summed E-state index contributed by atoms with van der Waals surface area (Å²) in [5.74, 6) is -2.12. The Kier molecular flexibility index (Phi) is 4.91. The molecule has 1 aliphatic rings. The first-order chi connectivity index (χ1) is 10.8. The maximum atomic E-state index is 12.0. The number of aliphatic carboxylic acids is 1. The van der Waals surface area contributed by atoms with Crippen molar-refractivity contribution in [2.75, 3.05) is 5.32 Å². The summed E-state index contributed by atoms with van der Waals surface area (Å²) in [5.41, 5.74) is 6.62. The molecule has 1 saturated heterocycles. The highest BCUT2D eigenvalue weighted by atomic mass is 16.4. The predicted molar refractivity (Wildman–Crippen MR) is 79.5 cm³/mol. The maximum Gasteiger partial charge on any atom is 0.322 e. The first-order valence-corrected chi connectivity index (χ1v) is 6.83. The Morgan fingerprint density at radius 2 is 1.96 bits per heavy atom. The van der Waals surface area contributed by atoms with Crippen LogP contribution in [0.15, 0.2) is 24.3 Å². The van der Waals surface area contributed by atoms with Crippen LogP contribution in [0.3, 0.4) is 0 Å². The molecule has 2 rings (SSSR count). The van der Waals surface area contributed by atoms with Gasteiger partial charge >= 0.3 is 12.0 Å². The zero-order valence-electron chi connectivity index (χ0n) is 12.0. The lowest BCUT2D eigenvalue weighted by Gasteiger charge is -2.22. The van der Waals surface area contributed by atoms with E-state index in [1.54, 1.807) is 24.3 Å². The van der Waals surface area contributed by atoms with Gasteiger partial charge in [0.05, 0.1) is 6.42 Å². The van der Waals surface area contributed by atoms with Crippen molar-refractivity contribution in [3.05, 3.63) is 29.8 Å². The number of carbonyl (C=O) groups excluding carboxylic acids is 3. The van der Waals surface area contributed by atoms with Gasteiger partial charge < -0.3 is 21.5 Å². The number of amides is 4. The maximum absolute atomic E-state index is 12.0. The smallest absolute Gasteiger partial charge is 0.322 e. The van der Waals surface area contributed by atoms with Crippen molar-refractivity contribution in [3.63, 3.8) is 0 Å². The normalized spacial score (nSPS) is 18.6. The van der Waals surface area contributed by atoms with E-state index in [1.165, 1.54) is 0 Å². The van der Waals surface area contributed by atoms with Gasteiger partial charge in [-0.1, -0.05) is 12.1 Å². The Morgan fingerprint density at radius 1 is 1.30 bits per heavy atom. The van der Waals surface area contributed by atoms with E-state index in [9.17, 15) is 19.2 Å². The highest BCUT2D eigenvalue weighted by molar-refractivity contribution is 6.05. The first kappa shape index (κ1) is 16.4. The van der Waals surface area contributed by atoms with E-state index in [1.807, 2.05) is 5.32 Å². The summed E-state index contributed by atoms with van der Waals surface area (Å²) in [4.78, 5) is 45.1. The molecule has 0 aliphatic carbocycles. The molecule has 1 aromatic carbocycles. The van der Waals surface area contributed by atoms with Crippen molar-refractivity contribution in [1.29, 1.82) is 0 Å². The second-order valence-electron chi connectivity index (χ2n) is 5.11. The van der Waals surface area contributed by atoms with Gasteiger partial charge in [-0.25, -0.2) is 4.79 Å². The topological polar surface area (TPSA) is 151 Å². The van der Waals surface area contributed by atoms with Crippen LogP contribution in [-0.2, 0) is 20.8 Å². The van der Waals surface area contributed by atoms with Crippen molar-refractivity contribution in [2.45, 2.75) is 24.9 Å². The number of anilines is 1. The molecule has 0 bridgehead atoms. The van der Waals surface area contributed by atoms with Gasteiger partial charge in [0, 0.05) is 5.69 Å². The molecule has 1 aromatic rings. The number of nitrogens with one attached hydrogen (secondary N) is 3. The monoisotopic (exact) mass is 320 g/mol. The van der Waals surface area contributed by atoms with Crippen LogP contribution >= 0.6 is 0 Å². The van der Waals surface area contributed by atoms with E-state index in [-0.39, 0.29) is 12.8 Å². The molecule has 0 spiro atoms. The minimum absolute atomic E-state index is 0.136. The minimum atomic E-state index is -1.09. The molecular weight excluding hydrogens is 304 g/mol. The molecule has 1 fully saturated rings. The molecule has 2 atom stereocenters. The van der Waals surface area contributed by atoms with E-state index in [0.29, 0.717) is 11.3 Å². The standard InChI is InChI=1S/C14H16N4O5/c15-9(13(21)22)5-7-1-3-8(4-2-7)16-12(20)10-6-11(19)18-14(23)17-10/h1-4,9-10H,5-6,15H2,(H,16,20)(H,21,22)(H2,17,18,19,23). The molecule has 2 unspecified atom stereocenters. The van der Waals surface area contributed by atoms with E-state index in [0.717, 1.165) is 0 Å². The van der Waals surface area contributed by atoms with Gasteiger partial charge in [0.15, 0.2) is 0 Å². The zero-order valence-corrected chi connectivity index (χ0v) is 12.0. The first-order valence-electron chi connectivity index (χ1n) is 6.83. The number of carboxylic acid groups (broad SMARTS) is 1. The van der Waals surface area contributed by atoms with Crippen LogP contribution < -0.4 is 21.7 Å². The highest BCUT2D eigenvalue weighted by Gasteiger charge is 2.29. The molecule has 1 heterocycles. The predicted octanol–water partition coefficient (Wildman–Crippen LogP) is -0.822. The Bertz CT molecular complexity index is 627. The van der Waals surface area contributed by atoms with E-state index in [2.05, 4.69) is 10.6 Å². The average molecular weight is 320 g/mol. The third-order valence-electron chi connectivity index (χ3n) is 3.26. The fourth-order valence-electron chi connectivity index (χ4n) is 2.06. The van der Waals surface area contributed by atoms with Crippen molar-refractivity contribution in [3.8, 4) is 0 Å². The lowest BCUT2D eigenvalue weighted by Crippen LogP contribution is -2.56. The number of carboxylic acids is 1. The van der Waals surface area contributed by atoms with Crippen LogP contribution in [0.5, 0.6) is 0 Å². The van der Waals surface area contributed by atoms with Crippen molar-refractivity contribution >= 4 is 29.5 Å². The number of carbonyl (C=O) groups is 4. The summed E-state index contributed by atoms with van der Waals surface area (Å²) < 4.78 is 0. The highest BCUT2D eigenvalue weighted by Crippen LogP contribution is 2.12. The SMILES string of the molecule is NC(Cc1ccc(NC(=O)C2CC(=O)NC(=O)N2)cc1)C(=O)O. The molecule has 0 aromatic heterocycles. The van der Waals surface area contributed by atoms with Crippen LogP contribution in [0.2, 0.25) is 0 Å². The van der Waals surface area contributed by atoms with Crippen molar-refractivity contribution in [2.24, 2.45) is 5.73 Å². The zero-order chi connectivity index (χ0) is 17.0. The Hall–Kier alpha value is -2.94. The van der Waals surface area contributed by atoms with E-state index >= 15 is 0 Å². The van der Waals surface area contributed by atoms with Gasteiger partial charge in [-0.15, -0.1) is 0 Å². The average Bonchev–Trinajstić information content (AvgIpc) is 2.48. The second-order valence-corrected chi connectivity index (χ2v) is 5.11. The summed E-state index contributed by atoms with van der Waals surface area (Å²) >= 11 is 0. The summed E-state index contributed by atoms with van der Waals surface area (Å²) in [6, 6.07) is 3.83. The third kappa shape index (κ3) is 4.51. The van der Waals surface area contributed by atoms with Gasteiger partial charge in [-0.2, -0.15) is 0 Å². The molecular formula is C14H16N4O5. The van der Waals surface area contributed by atoms with Crippen LogP contribution in [0.4, 0.5) is 10.5 Å². The second kappa shape index (κ2) is 6.88. The molecule has 9 heteroatoms. The van der Waals surface area contributed by atoms with E-state index < -0.39 is 35.9 Å². The Balaban J connectivity index is 1.95. The van der Waals surface area contributed by atoms with Crippen LogP contribution in [-0.4, -0.2) is 41.0 Å². The van der Waals surface area contributed by atoms with Crippen LogP contribution in [0.25, 0.3) is 0 Å². The van der Waals surface area contributed by atoms with E-state index in [4.69, 9.17) is 10.8 Å². The van der Waals surface area contributed by atoms with Crippen LogP contribution in [0.1, 0.15) is 12.0 Å². The number of rotatable bonds is 5. The van der Waals surface area contributed by atoms with Gasteiger partial charge in [0.25, 0.3) is 0 Å². The summed E-state index contributed by atoms with van der Waals surface area (Å²) in [6.07, 6.45) is 0.0333. The molecule has 0 radical (unpaired) electrons. The summed E-state index contributed by atoms with van der Waals surface area (Å²) in [5, 5.41) is 15.7. The fourth-order valence-corrected chi connectivity index (χ4v) is 2.06. The molecule has 1 aliphatic heterocycles. The summed E-state index contributed by atoms with van der Waals surface area (Å²) in [6.45, 7) is 0. The number of urea groups is 1. The van der Waals surface area contributed by atoms with Crippen molar-refractivity contribution in [1.82, 2.24) is 10.6 Å². The molecule has 4 amide bonds. The molecule has 0 saturated carbocycles. The van der Waals surface area contributed by atoms with Gasteiger partial charge in [0.1, 0.15) is 12.1 Å². The lowest BCUT2D eigenvalue weighted by molar-refractivity contribution is -0.138. The number of hydrogen-bond donors (Lipinski definition) is 5. The van der Waals surface area contributed by atoms with Gasteiger partial charge in [0.2, 0.25) is 11.8 Å². The molecule has 6 N–H and O–H groups in total. The molecule has 9 nitrogen and oxygen atoms in total. The van der Waals surface area contributed by atoms with Gasteiger partial charge in [-0.05, 0) is 24.1 Å². The largest absolute Gasteiger partial charge is 0.480 e. The minimum Gasteiger partial charge on any atom is -0.480 e. The lowest BCUT2D eigenvalue weighted by atomic mass is 10.1. The summed E-state index contributed by atoms with van der Waals surface area (Å²) in [7, 11) is 0.